The van der Waals surface area contributed by atoms with E-state index in [4.69, 9.17) is 24.2 Å². The fourth-order valence-corrected chi connectivity index (χ4v) is 5.76. The highest BCUT2D eigenvalue weighted by Crippen LogP contribution is 2.27. The van der Waals surface area contributed by atoms with Crippen LogP contribution >= 0.6 is 0 Å². The highest BCUT2D eigenvalue weighted by atomic mass is 16.5. The van der Waals surface area contributed by atoms with Crippen LogP contribution in [-0.2, 0) is 36.2 Å². The van der Waals surface area contributed by atoms with E-state index in [1.807, 2.05) is 48.3 Å². The summed E-state index contributed by atoms with van der Waals surface area (Å²) in [5, 5.41) is 0. The topological polar surface area (TPSA) is 96.5 Å². The second kappa shape index (κ2) is 11.6. The lowest BCUT2D eigenvalue weighted by atomic mass is 10.0. The van der Waals surface area contributed by atoms with Crippen molar-refractivity contribution in [2.45, 2.75) is 38.6 Å². The smallest absolute Gasteiger partial charge is 0.337 e. The van der Waals surface area contributed by atoms with Crippen LogP contribution in [0.25, 0.3) is 27.6 Å². The number of fused-ring (bicyclic) bond motifs is 2. The molecule has 0 bridgehead atoms. The van der Waals surface area contributed by atoms with Gasteiger partial charge in [-0.1, -0.05) is 18.2 Å². The average molecular weight is 579 g/mol. The molecule has 0 N–H and O–H groups in total. The summed E-state index contributed by atoms with van der Waals surface area (Å²) in [5.74, 6) is 1.24. The molecule has 5 heterocycles. The van der Waals surface area contributed by atoms with Crippen molar-refractivity contribution in [3.63, 3.8) is 0 Å². The number of benzene rings is 2. The van der Waals surface area contributed by atoms with Gasteiger partial charge in [0, 0.05) is 32.8 Å². The van der Waals surface area contributed by atoms with Crippen LogP contribution in [0.5, 0.6) is 5.88 Å². The van der Waals surface area contributed by atoms with E-state index >= 15 is 0 Å². The molecule has 3 aromatic heterocycles. The Labute approximate surface area is 249 Å². The molecule has 10 nitrogen and oxygen atoms in total. The van der Waals surface area contributed by atoms with Crippen molar-refractivity contribution in [3.05, 3.63) is 89.6 Å². The van der Waals surface area contributed by atoms with Gasteiger partial charge in [0.05, 0.1) is 66.0 Å². The molecule has 220 valence electrons. The largest absolute Gasteiger partial charge is 0.473 e. The number of carbonyl (C=O) groups excluding carboxylic acids is 1. The van der Waals surface area contributed by atoms with Crippen molar-refractivity contribution in [2.75, 3.05) is 26.8 Å². The molecule has 0 saturated carbocycles. The molecular formula is C33H34N6O4. The summed E-state index contributed by atoms with van der Waals surface area (Å²) >= 11 is 0. The third-order valence-corrected chi connectivity index (χ3v) is 8.32. The van der Waals surface area contributed by atoms with Gasteiger partial charge in [0.15, 0.2) is 0 Å². The number of ether oxygens (including phenoxy) is 3. The Morgan fingerprint density at radius 1 is 1.07 bits per heavy atom. The molecule has 0 aliphatic carbocycles. The molecule has 2 aliphatic rings. The Morgan fingerprint density at radius 2 is 1.98 bits per heavy atom. The van der Waals surface area contributed by atoms with Gasteiger partial charge in [0.1, 0.15) is 12.4 Å². The first-order chi connectivity index (χ1) is 21.0. The number of hydrogen-bond acceptors (Lipinski definition) is 8. The number of nitrogens with zero attached hydrogens (tertiary/aromatic N) is 6. The lowest BCUT2D eigenvalue weighted by Gasteiger charge is -2.29. The maximum Gasteiger partial charge on any atom is 0.337 e. The second-order valence-electron chi connectivity index (χ2n) is 11.2. The first-order valence-electron chi connectivity index (χ1n) is 14.6. The van der Waals surface area contributed by atoms with Crippen LogP contribution in [0.15, 0.2) is 67.0 Å². The van der Waals surface area contributed by atoms with E-state index in [2.05, 4.69) is 38.7 Å². The second-order valence-corrected chi connectivity index (χ2v) is 11.2. The minimum absolute atomic E-state index is 0.171. The SMILES string of the molecule is COC(=O)c1ccc2nc(CN3CC=C(c4cccc(OCc5ccc6c(c5)ncn6C)n4)CC3)n(C[C@@H]3CCO3)c2c1. The minimum Gasteiger partial charge on any atom is -0.473 e. The molecule has 0 spiro atoms. The van der Waals surface area contributed by atoms with Crippen molar-refractivity contribution in [1.29, 1.82) is 0 Å². The summed E-state index contributed by atoms with van der Waals surface area (Å²) in [6.07, 6.45) is 6.15. The van der Waals surface area contributed by atoms with Crippen molar-refractivity contribution in [1.82, 2.24) is 29.0 Å². The Hall–Kier alpha value is -4.54. The molecule has 0 radical (unpaired) electrons. The number of rotatable bonds is 9. The predicted molar refractivity (Wildman–Crippen MR) is 163 cm³/mol. The summed E-state index contributed by atoms with van der Waals surface area (Å²) in [7, 11) is 3.39. The number of imidazole rings is 2. The van der Waals surface area contributed by atoms with Crippen LogP contribution in [0, 0.1) is 0 Å². The van der Waals surface area contributed by atoms with Gasteiger partial charge in [-0.3, -0.25) is 4.90 Å². The molecule has 7 rings (SSSR count). The standard InChI is InChI=1S/C33H34N6O4/c1-37-21-34-28-16-22(6-9-29(28)37)20-43-32-5-3-4-26(36-32)23-10-13-38(14-11-23)19-31-35-27-8-7-24(33(40)41-2)17-30(27)39(31)18-25-12-15-42-25/h3-10,16-17,21,25H,11-15,18-20H2,1-2H3/t25-/m0/s1. The van der Waals surface area contributed by atoms with Crippen LogP contribution in [0.1, 0.15) is 40.3 Å². The van der Waals surface area contributed by atoms with Crippen LogP contribution < -0.4 is 4.74 Å². The summed E-state index contributed by atoms with van der Waals surface area (Å²) < 4.78 is 21.0. The van der Waals surface area contributed by atoms with E-state index in [0.29, 0.717) is 24.6 Å². The fourth-order valence-electron chi connectivity index (χ4n) is 5.76. The monoisotopic (exact) mass is 578 g/mol. The van der Waals surface area contributed by atoms with E-state index < -0.39 is 0 Å². The van der Waals surface area contributed by atoms with Gasteiger partial charge in [-0.05, 0) is 60.4 Å². The van der Waals surface area contributed by atoms with E-state index in [9.17, 15) is 4.79 Å². The van der Waals surface area contributed by atoms with Crippen LogP contribution in [0.3, 0.4) is 0 Å². The highest BCUT2D eigenvalue weighted by molar-refractivity contribution is 5.93. The maximum absolute atomic E-state index is 12.2. The number of aromatic nitrogens is 5. The summed E-state index contributed by atoms with van der Waals surface area (Å²) in [6, 6.07) is 17.7. The fraction of sp³-hybridized carbons (Fsp3) is 0.333. The maximum atomic E-state index is 12.2. The van der Waals surface area contributed by atoms with E-state index in [1.165, 1.54) is 12.7 Å². The molecule has 10 heteroatoms. The molecule has 1 atom stereocenters. The Morgan fingerprint density at radius 3 is 2.77 bits per heavy atom. The molecule has 2 aromatic carbocycles. The minimum atomic E-state index is -0.348. The zero-order valence-electron chi connectivity index (χ0n) is 24.4. The summed E-state index contributed by atoms with van der Waals surface area (Å²) in [5.41, 5.74) is 7.61. The predicted octanol–water partition coefficient (Wildman–Crippen LogP) is 4.76. The number of esters is 1. The van der Waals surface area contributed by atoms with Crippen molar-refractivity contribution in [3.8, 4) is 5.88 Å². The lowest BCUT2D eigenvalue weighted by Crippen LogP contribution is -2.33. The third-order valence-electron chi connectivity index (χ3n) is 8.32. The van der Waals surface area contributed by atoms with E-state index in [-0.39, 0.29) is 12.1 Å². The van der Waals surface area contributed by atoms with Gasteiger partial charge in [-0.25, -0.2) is 19.7 Å². The first kappa shape index (κ1) is 27.3. The van der Waals surface area contributed by atoms with E-state index in [1.54, 1.807) is 6.07 Å². The third kappa shape index (κ3) is 5.63. The zero-order valence-corrected chi connectivity index (χ0v) is 24.4. The normalized spacial score (nSPS) is 17.2. The average Bonchev–Trinajstić information content (AvgIpc) is 3.56. The first-order valence-corrected chi connectivity index (χ1v) is 14.6. The van der Waals surface area contributed by atoms with Gasteiger partial charge >= 0.3 is 5.97 Å². The number of aryl methyl sites for hydroxylation is 1. The van der Waals surface area contributed by atoms with Gasteiger partial charge in [-0.15, -0.1) is 0 Å². The van der Waals surface area contributed by atoms with Gasteiger partial charge in [-0.2, -0.15) is 0 Å². The molecule has 0 unspecified atom stereocenters. The lowest BCUT2D eigenvalue weighted by molar-refractivity contribution is -0.0591. The van der Waals surface area contributed by atoms with E-state index in [0.717, 1.165) is 78.2 Å². The van der Waals surface area contributed by atoms with Gasteiger partial charge in [0.25, 0.3) is 0 Å². The molecule has 0 amide bonds. The quantitative estimate of drug-likeness (QED) is 0.231. The summed E-state index contributed by atoms with van der Waals surface area (Å²) in [4.78, 5) is 28.8. The van der Waals surface area contributed by atoms with Crippen molar-refractivity contribution < 1.29 is 19.0 Å². The zero-order chi connectivity index (χ0) is 29.3. The highest BCUT2D eigenvalue weighted by Gasteiger charge is 2.24. The molecule has 43 heavy (non-hydrogen) atoms. The van der Waals surface area contributed by atoms with Gasteiger partial charge in [0.2, 0.25) is 5.88 Å². The number of methoxy groups -OCH3 is 1. The molecule has 2 aliphatic heterocycles. The molecule has 1 saturated heterocycles. The molecule has 1 fully saturated rings. The van der Waals surface area contributed by atoms with Crippen LogP contribution in [0.4, 0.5) is 0 Å². The van der Waals surface area contributed by atoms with Crippen LogP contribution in [-0.4, -0.2) is 67.9 Å². The van der Waals surface area contributed by atoms with Gasteiger partial charge < -0.3 is 23.3 Å². The Balaban J connectivity index is 1.04. The number of hydrogen-bond donors (Lipinski definition) is 0. The number of pyridine rings is 1. The molecule has 5 aromatic rings. The number of carbonyl (C=O) groups is 1. The molecular weight excluding hydrogens is 544 g/mol. The Kier molecular flexibility index (Phi) is 7.38. The van der Waals surface area contributed by atoms with Crippen LogP contribution in [0.2, 0.25) is 0 Å². The van der Waals surface area contributed by atoms with Crippen molar-refractivity contribution in [2.24, 2.45) is 7.05 Å². The van der Waals surface area contributed by atoms with Crippen molar-refractivity contribution >= 4 is 33.6 Å². The summed E-state index contributed by atoms with van der Waals surface area (Å²) in [6.45, 7) is 4.33. The Bertz CT molecular complexity index is 1840.